The Hall–Kier alpha value is -1.42. The molecule has 0 saturated heterocycles. The molecule has 1 saturated carbocycles. The predicted octanol–water partition coefficient (Wildman–Crippen LogP) is 4.11. The van der Waals surface area contributed by atoms with Crippen LogP contribution in [-0.2, 0) is 4.43 Å². The van der Waals surface area contributed by atoms with Gasteiger partial charge in [0.1, 0.15) is 0 Å². The van der Waals surface area contributed by atoms with Gasteiger partial charge in [0, 0.05) is 6.61 Å². The highest BCUT2D eigenvalue weighted by Crippen LogP contribution is 2.37. The molecule has 140 valence electrons. The first kappa shape index (κ1) is 19.3. The van der Waals surface area contributed by atoms with E-state index in [4.69, 9.17) is 4.43 Å². The summed E-state index contributed by atoms with van der Waals surface area (Å²) in [4.78, 5) is 0. The normalized spacial score (nSPS) is 21.1. The minimum Gasteiger partial charge on any atom is -0.407 e. The van der Waals surface area contributed by atoms with E-state index in [0.717, 1.165) is 32.3 Å². The van der Waals surface area contributed by atoms with Gasteiger partial charge in [-0.1, -0.05) is 87.9 Å². The lowest BCUT2D eigenvalue weighted by Crippen LogP contribution is -2.66. The Morgan fingerprint density at radius 1 is 0.923 bits per heavy atom. The van der Waals surface area contributed by atoms with Gasteiger partial charge in [-0.05, 0) is 40.6 Å². The number of hydrogen-bond acceptors (Lipinski definition) is 2. The molecule has 0 unspecified atom stereocenters. The molecule has 2 nitrogen and oxygen atoms in total. The highest BCUT2D eigenvalue weighted by atomic mass is 28.4. The van der Waals surface area contributed by atoms with E-state index in [-0.39, 0.29) is 11.1 Å². The maximum Gasteiger partial charge on any atom is 0.261 e. The molecule has 3 rings (SSSR count). The molecule has 1 fully saturated rings. The van der Waals surface area contributed by atoms with Crippen molar-refractivity contribution in [2.45, 2.75) is 57.6 Å². The lowest BCUT2D eigenvalue weighted by Gasteiger charge is -2.43. The maximum atomic E-state index is 10.2. The van der Waals surface area contributed by atoms with E-state index in [0.29, 0.717) is 5.92 Å². The van der Waals surface area contributed by atoms with Gasteiger partial charge in [0.05, 0.1) is 6.10 Å². The third kappa shape index (κ3) is 3.80. The van der Waals surface area contributed by atoms with Crippen molar-refractivity contribution in [1.82, 2.24) is 0 Å². The fraction of sp³-hybridized carbons (Fsp3) is 0.478. The van der Waals surface area contributed by atoms with Gasteiger partial charge in [0.2, 0.25) is 0 Å². The van der Waals surface area contributed by atoms with Gasteiger partial charge in [0.25, 0.3) is 8.32 Å². The largest absolute Gasteiger partial charge is 0.407 e. The van der Waals surface area contributed by atoms with Crippen molar-refractivity contribution in [2.75, 3.05) is 6.61 Å². The van der Waals surface area contributed by atoms with Crippen molar-refractivity contribution in [3.63, 3.8) is 0 Å². The van der Waals surface area contributed by atoms with Crippen LogP contribution in [0.1, 0.15) is 46.5 Å². The zero-order valence-electron chi connectivity index (χ0n) is 16.3. The topological polar surface area (TPSA) is 29.5 Å². The highest BCUT2D eigenvalue weighted by Gasteiger charge is 2.50. The number of benzene rings is 2. The second-order valence-electron chi connectivity index (χ2n) is 8.56. The van der Waals surface area contributed by atoms with Crippen LogP contribution in [0.25, 0.3) is 0 Å². The third-order valence-corrected chi connectivity index (χ3v) is 10.9. The molecule has 0 amide bonds. The number of rotatable bonds is 6. The first-order valence-corrected chi connectivity index (χ1v) is 11.8. The number of hydrogen-bond donors (Lipinski definition) is 1. The molecule has 0 radical (unpaired) electrons. The van der Waals surface area contributed by atoms with E-state index in [1.54, 1.807) is 0 Å². The third-order valence-electron chi connectivity index (χ3n) is 5.84. The van der Waals surface area contributed by atoms with Crippen molar-refractivity contribution in [2.24, 2.45) is 5.92 Å². The van der Waals surface area contributed by atoms with E-state index >= 15 is 0 Å². The first-order valence-electron chi connectivity index (χ1n) is 9.88. The van der Waals surface area contributed by atoms with Crippen LogP contribution in [0.2, 0.25) is 5.04 Å². The maximum absolute atomic E-state index is 10.2. The standard InChI is InChI=1S/C23H32O2Si/c1-23(2,3)26(20-12-6-4-7-13-20,21-14-8-5-9-15-21)25-18-17-19-11-10-16-22(19)24/h4-9,12-15,19,22,24H,10-11,16-18H2,1-3H3/t19-,22-/m1/s1. The van der Waals surface area contributed by atoms with E-state index in [1.807, 2.05) is 0 Å². The van der Waals surface area contributed by atoms with Gasteiger partial charge < -0.3 is 9.53 Å². The molecule has 26 heavy (non-hydrogen) atoms. The molecule has 0 aromatic heterocycles. The van der Waals surface area contributed by atoms with Crippen molar-refractivity contribution in [1.29, 1.82) is 0 Å². The van der Waals surface area contributed by atoms with Crippen LogP contribution in [-0.4, -0.2) is 26.1 Å². The van der Waals surface area contributed by atoms with Crippen LogP contribution in [0.4, 0.5) is 0 Å². The second kappa shape index (κ2) is 8.08. The van der Waals surface area contributed by atoms with Crippen LogP contribution in [0.5, 0.6) is 0 Å². The Kier molecular flexibility index (Phi) is 6.01. The summed E-state index contributed by atoms with van der Waals surface area (Å²) in [5.41, 5.74) is 0. The van der Waals surface area contributed by atoms with Crippen LogP contribution < -0.4 is 10.4 Å². The van der Waals surface area contributed by atoms with Crippen molar-refractivity contribution < 1.29 is 9.53 Å². The summed E-state index contributed by atoms with van der Waals surface area (Å²) >= 11 is 0. The molecule has 2 atom stereocenters. The molecule has 0 bridgehead atoms. The minimum atomic E-state index is -2.42. The Labute approximate surface area is 159 Å². The molecule has 1 aliphatic carbocycles. The minimum absolute atomic E-state index is 0.0179. The summed E-state index contributed by atoms with van der Waals surface area (Å²) in [6.07, 6.45) is 4.03. The molecule has 1 N–H and O–H groups in total. The quantitative estimate of drug-likeness (QED) is 0.778. The summed E-state index contributed by atoms with van der Waals surface area (Å²) in [7, 11) is -2.42. The van der Waals surface area contributed by atoms with Crippen LogP contribution in [0.15, 0.2) is 60.7 Å². The molecule has 0 aliphatic heterocycles. The van der Waals surface area contributed by atoms with Gasteiger partial charge in [-0.25, -0.2) is 0 Å². The Balaban J connectivity index is 1.95. The van der Waals surface area contributed by atoms with Crippen LogP contribution in [0, 0.1) is 5.92 Å². The van der Waals surface area contributed by atoms with E-state index in [9.17, 15) is 5.11 Å². The lowest BCUT2D eigenvalue weighted by atomic mass is 10.0. The van der Waals surface area contributed by atoms with Gasteiger partial charge in [-0.3, -0.25) is 0 Å². The van der Waals surface area contributed by atoms with Crippen molar-refractivity contribution >= 4 is 18.7 Å². The summed E-state index contributed by atoms with van der Waals surface area (Å²) in [6, 6.07) is 21.6. The summed E-state index contributed by atoms with van der Waals surface area (Å²) in [6.45, 7) is 7.64. The monoisotopic (exact) mass is 368 g/mol. The smallest absolute Gasteiger partial charge is 0.261 e. The van der Waals surface area contributed by atoms with Gasteiger partial charge in [-0.2, -0.15) is 0 Å². The second-order valence-corrected chi connectivity index (χ2v) is 12.9. The van der Waals surface area contributed by atoms with Gasteiger partial charge in [0.15, 0.2) is 0 Å². The van der Waals surface area contributed by atoms with E-state index in [2.05, 4.69) is 81.4 Å². The highest BCUT2D eigenvalue weighted by molar-refractivity contribution is 6.99. The number of aliphatic hydroxyl groups is 1. The molecular weight excluding hydrogens is 336 g/mol. The van der Waals surface area contributed by atoms with E-state index < -0.39 is 8.32 Å². The van der Waals surface area contributed by atoms with Crippen LogP contribution in [0.3, 0.4) is 0 Å². The molecule has 0 heterocycles. The lowest BCUT2D eigenvalue weighted by molar-refractivity contribution is 0.115. The zero-order chi connectivity index (χ0) is 18.6. The zero-order valence-corrected chi connectivity index (χ0v) is 17.3. The predicted molar refractivity (Wildman–Crippen MR) is 112 cm³/mol. The average molecular weight is 369 g/mol. The summed E-state index contributed by atoms with van der Waals surface area (Å²) in [5.74, 6) is 0.396. The van der Waals surface area contributed by atoms with E-state index in [1.165, 1.54) is 10.4 Å². The molecule has 2 aromatic rings. The fourth-order valence-electron chi connectivity index (χ4n) is 4.48. The number of aliphatic hydroxyl groups excluding tert-OH is 1. The molecule has 3 heteroatoms. The Bertz CT molecular complexity index is 639. The Morgan fingerprint density at radius 2 is 1.46 bits per heavy atom. The van der Waals surface area contributed by atoms with Gasteiger partial charge in [-0.15, -0.1) is 0 Å². The fourth-order valence-corrected chi connectivity index (χ4v) is 9.06. The Morgan fingerprint density at radius 3 is 1.88 bits per heavy atom. The molecule has 0 spiro atoms. The average Bonchev–Trinajstić information content (AvgIpc) is 3.04. The van der Waals surface area contributed by atoms with Crippen molar-refractivity contribution in [3.8, 4) is 0 Å². The SMILES string of the molecule is CC(C)(C)[Si](OCC[C@H]1CCC[C@H]1O)(c1ccccc1)c1ccccc1. The molecule has 1 aliphatic rings. The van der Waals surface area contributed by atoms with Crippen LogP contribution >= 0.6 is 0 Å². The van der Waals surface area contributed by atoms with Crippen molar-refractivity contribution in [3.05, 3.63) is 60.7 Å². The summed E-state index contributed by atoms with van der Waals surface area (Å²) < 4.78 is 6.90. The first-order chi connectivity index (χ1) is 12.4. The molecule has 2 aromatic carbocycles. The summed E-state index contributed by atoms with van der Waals surface area (Å²) in [5, 5.41) is 12.8. The molecular formula is C23H32O2Si. The van der Waals surface area contributed by atoms with Gasteiger partial charge >= 0.3 is 0 Å².